The van der Waals surface area contributed by atoms with Crippen LogP contribution in [0.1, 0.15) is 34.5 Å². The third-order valence-electron chi connectivity index (χ3n) is 6.03. The van der Waals surface area contributed by atoms with Gasteiger partial charge in [-0.3, -0.25) is 4.79 Å². The maximum Gasteiger partial charge on any atom is 0.255 e. The SMILES string of the molecule is Cc1ccc2c(c1)NC1(CCN(C(=O)c3ccccc3Br)CC1)c1cccn1-2. The Labute approximate surface area is 173 Å². The molecule has 2 aliphatic heterocycles. The monoisotopic (exact) mass is 435 g/mol. The highest BCUT2D eigenvalue weighted by Crippen LogP contribution is 2.43. The number of aryl methyl sites for hydroxylation is 1. The number of aromatic nitrogens is 1. The normalized spacial score (nSPS) is 17.0. The number of nitrogens with zero attached hydrogens (tertiary/aromatic N) is 2. The number of halogens is 1. The summed E-state index contributed by atoms with van der Waals surface area (Å²) in [7, 11) is 0. The number of likely N-dealkylation sites (tertiary alicyclic amines) is 1. The van der Waals surface area contributed by atoms with Gasteiger partial charge >= 0.3 is 0 Å². The Morgan fingerprint density at radius 1 is 1.07 bits per heavy atom. The molecule has 0 bridgehead atoms. The lowest BCUT2D eigenvalue weighted by atomic mass is 9.82. The largest absolute Gasteiger partial charge is 0.372 e. The fourth-order valence-electron chi connectivity index (χ4n) is 4.54. The van der Waals surface area contributed by atoms with Gasteiger partial charge in [-0.2, -0.15) is 0 Å². The minimum absolute atomic E-state index is 0.102. The first-order valence-electron chi connectivity index (χ1n) is 9.68. The van der Waals surface area contributed by atoms with Crippen LogP contribution in [0.5, 0.6) is 0 Å². The van der Waals surface area contributed by atoms with Crippen molar-refractivity contribution in [3.63, 3.8) is 0 Å². The van der Waals surface area contributed by atoms with Crippen LogP contribution in [-0.2, 0) is 5.54 Å². The topological polar surface area (TPSA) is 37.3 Å². The second-order valence-electron chi connectivity index (χ2n) is 7.76. The predicted molar refractivity (Wildman–Crippen MR) is 115 cm³/mol. The fourth-order valence-corrected chi connectivity index (χ4v) is 4.99. The van der Waals surface area contributed by atoms with Crippen molar-refractivity contribution < 1.29 is 4.79 Å². The first-order valence-corrected chi connectivity index (χ1v) is 10.5. The Bertz CT molecular complexity index is 1060. The van der Waals surface area contributed by atoms with Crippen molar-refractivity contribution in [2.24, 2.45) is 0 Å². The number of fused-ring (bicyclic) bond motifs is 4. The molecule has 1 fully saturated rings. The summed E-state index contributed by atoms with van der Waals surface area (Å²) in [4.78, 5) is 15.0. The van der Waals surface area contributed by atoms with E-state index < -0.39 is 0 Å². The van der Waals surface area contributed by atoms with E-state index in [2.05, 4.69) is 69.3 Å². The van der Waals surface area contributed by atoms with Crippen molar-refractivity contribution in [1.29, 1.82) is 0 Å². The molecule has 0 aliphatic carbocycles. The molecular weight excluding hydrogens is 414 g/mol. The predicted octanol–water partition coefficient (Wildman–Crippen LogP) is 5.11. The Balaban J connectivity index is 1.43. The van der Waals surface area contributed by atoms with Crippen LogP contribution in [0.15, 0.2) is 65.3 Å². The number of carbonyl (C=O) groups is 1. The van der Waals surface area contributed by atoms with Gasteiger partial charge in [-0.1, -0.05) is 18.2 Å². The lowest BCUT2D eigenvalue weighted by Gasteiger charge is -2.46. The van der Waals surface area contributed by atoms with Gasteiger partial charge < -0.3 is 14.8 Å². The van der Waals surface area contributed by atoms with Crippen LogP contribution in [0.2, 0.25) is 0 Å². The van der Waals surface area contributed by atoms with E-state index in [1.54, 1.807) is 0 Å². The molecule has 5 rings (SSSR count). The highest BCUT2D eigenvalue weighted by atomic mass is 79.9. The first-order chi connectivity index (χ1) is 13.6. The van der Waals surface area contributed by atoms with Crippen molar-refractivity contribution in [3.8, 4) is 5.69 Å². The van der Waals surface area contributed by atoms with E-state index in [1.807, 2.05) is 29.2 Å². The van der Waals surface area contributed by atoms with Crippen LogP contribution in [-0.4, -0.2) is 28.5 Å². The van der Waals surface area contributed by atoms with E-state index in [1.165, 1.54) is 22.6 Å². The summed E-state index contributed by atoms with van der Waals surface area (Å²) in [6.07, 6.45) is 3.92. The highest BCUT2D eigenvalue weighted by molar-refractivity contribution is 9.10. The van der Waals surface area contributed by atoms with Gasteiger partial charge in [0, 0.05) is 29.5 Å². The molecule has 4 nitrogen and oxygen atoms in total. The number of benzene rings is 2. The van der Waals surface area contributed by atoms with Gasteiger partial charge in [0.25, 0.3) is 5.91 Å². The van der Waals surface area contributed by atoms with Crippen LogP contribution in [0.3, 0.4) is 0 Å². The second kappa shape index (κ2) is 6.52. The minimum atomic E-state index is -0.130. The van der Waals surface area contributed by atoms with E-state index in [0.717, 1.165) is 36.0 Å². The summed E-state index contributed by atoms with van der Waals surface area (Å²) < 4.78 is 3.16. The lowest BCUT2D eigenvalue weighted by molar-refractivity contribution is 0.0675. The van der Waals surface area contributed by atoms with Crippen molar-refractivity contribution >= 4 is 27.5 Å². The number of hydrogen-bond donors (Lipinski definition) is 1. The van der Waals surface area contributed by atoms with Gasteiger partial charge in [0.1, 0.15) is 0 Å². The summed E-state index contributed by atoms with van der Waals surface area (Å²) in [5.74, 6) is 0.102. The average Bonchev–Trinajstić information content (AvgIpc) is 3.19. The minimum Gasteiger partial charge on any atom is -0.372 e. The Morgan fingerprint density at radius 3 is 2.64 bits per heavy atom. The quantitative estimate of drug-likeness (QED) is 0.576. The summed E-state index contributed by atoms with van der Waals surface area (Å²) in [5.41, 5.74) is 5.52. The number of piperidine rings is 1. The molecule has 1 aromatic heterocycles. The lowest BCUT2D eigenvalue weighted by Crippen LogP contribution is -2.51. The van der Waals surface area contributed by atoms with Crippen LogP contribution in [0, 0.1) is 6.92 Å². The van der Waals surface area contributed by atoms with E-state index in [4.69, 9.17) is 0 Å². The summed E-state index contributed by atoms with van der Waals surface area (Å²) in [6.45, 7) is 3.60. The Kier molecular flexibility index (Phi) is 4.09. The molecule has 2 aliphatic rings. The number of amides is 1. The van der Waals surface area contributed by atoms with Crippen LogP contribution in [0.25, 0.3) is 5.69 Å². The number of nitrogens with one attached hydrogen (secondary N) is 1. The second-order valence-corrected chi connectivity index (χ2v) is 8.62. The van der Waals surface area contributed by atoms with Gasteiger partial charge in [0.2, 0.25) is 0 Å². The van der Waals surface area contributed by atoms with Crippen LogP contribution < -0.4 is 5.32 Å². The van der Waals surface area contributed by atoms with Gasteiger partial charge in [0.15, 0.2) is 0 Å². The third-order valence-corrected chi connectivity index (χ3v) is 6.72. The molecule has 0 radical (unpaired) electrons. The molecule has 0 unspecified atom stereocenters. The van der Waals surface area contributed by atoms with E-state index >= 15 is 0 Å². The van der Waals surface area contributed by atoms with Gasteiger partial charge in [-0.25, -0.2) is 0 Å². The Morgan fingerprint density at radius 2 is 1.86 bits per heavy atom. The van der Waals surface area contributed by atoms with Crippen molar-refractivity contribution in [2.45, 2.75) is 25.3 Å². The standard InChI is InChI=1S/C23H22BrN3O/c1-16-8-9-20-19(15-16)25-23(21-7-4-12-27(20)21)10-13-26(14-11-23)22(28)17-5-2-3-6-18(17)24/h2-9,12,15,25H,10-11,13-14H2,1H3. The van der Waals surface area contributed by atoms with Crippen molar-refractivity contribution in [1.82, 2.24) is 9.47 Å². The van der Waals surface area contributed by atoms with Gasteiger partial charge in [-0.05, 0) is 77.7 Å². The summed E-state index contributed by atoms with van der Waals surface area (Å²) in [6, 6.07) is 18.5. The number of hydrogen-bond acceptors (Lipinski definition) is 2. The molecule has 0 atom stereocenters. The zero-order valence-electron chi connectivity index (χ0n) is 15.8. The first kappa shape index (κ1) is 17.6. The molecule has 0 saturated carbocycles. The van der Waals surface area contributed by atoms with E-state index in [0.29, 0.717) is 0 Å². The molecule has 1 amide bonds. The van der Waals surface area contributed by atoms with Crippen LogP contribution >= 0.6 is 15.9 Å². The molecular formula is C23H22BrN3O. The van der Waals surface area contributed by atoms with Crippen LogP contribution in [0.4, 0.5) is 5.69 Å². The van der Waals surface area contributed by atoms with Gasteiger partial charge in [-0.15, -0.1) is 0 Å². The number of rotatable bonds is 1. The van der Waals surface area contributed by atoms with Gasteiger partial charge in [0.05, 0.1) is 22.5 Å². The fraction of sp³-hybridized carbons (Fsp3) is 0.261. The van der Waals surface area contributed by atoms with E-state index in [9.17, 15) is 4.79 Å². The average molecular weight is 436 g/mol. The van der Waals surface area contributed by atoms with Crippen molar-refractivity contribution in [2.75, 3.05) is 18.4 Å². The smallest absolute Gasteiger partial charge is 0.255 e. The molecule has 5 heteroatoms. The molecule has 28 heavy (non-hydrogen) atoms. The zero-order valence-corrected chi connectivity index (χ0v) is 17.4. The molecule has 1 N–H and O–H groups in total. The maximum atomic E-state index is 13.0. The molecule has 142 valence electrons. The summed E-state index contributed by atoms with van der Waals surface area (Å²) >= 11 is 3.51. The molecule has 3 heterocycles. The number of anilines is 1. The zero-order chi connectivity index (χ0) is 19.3. The molecule has 1 spiro atoms. The molecule has 2 aromatic carbocycles. The van der Waals surface area contributed by atoms with E-state index in [-0.39, 0.29) is 11.4 Å². The third kappa shape index (κ3) is 2.68. The Hall–Kier alpha value is -2.53. The summed E-state index contributed by atoms with van der Waals surface area (Å²) in [5, 5.41) is 3.84. The van der Waals surface area contributed by atoms with Crippen molar-refractivity contribution in [3.05, 3.63) is 82.1 Å². The highest BCUT2D eigenvalue weighted by Gasteiger charge is 2.42. The maximum absolute atomic E-state index is 13.0. The molecule has 3 aromatic rings. The number of carbonyl (C=O) groups excluding carboxylic acids is 1. The molecule has 1 saturated heterocycles.